The second-order valence-corrected chi connectivity index (χ2v) is 4.67. The molecule has 1 aliphatic carbocycles. The molecule has 2 unspecified atom stereocenters. The van der Waals surface area contributed by atoms with Crippen molar-refractivity contribution in [1.29, 1.82) is 5.26 Å². The Bertz CT molecular complexity index is 270. The highest BCUT2D eigenvalue weighted by atomic mass is 19.4. The van der Waals surface area contributed by atoms with Crippen LogP contribution in [0.4, 0.5) is 13.2 Å². The van der Waals surface area contributed by atoms with Gasteiger partial charge in [0.25, 0.3) is 0 Å². The average molecular weight is 248 g/mol. The molecule has 0 bridgehead atoms. The van der Waals surface area contributed by atoms with E-state index >= 15 is 0 Å². The van der Waals surface area contributed by atoms with E-state index in [9.17, 15) is 13.2 Å². The first-order valence-corrected chi connectivity index (χ1v) is 6.18. The number of hydrogen-bond donors (Lipinski definition) is 0. The topological polar surface area (TPSA) is 27.0 Å². The Hall–Kier alpha value is -0.760. The summed E-state index contributed by atoms with van der Waals surface area (Å²) in [6.45, 7) is 1.40. The van der Waals surface area contributed by atoms with Crippen LogP contribution in [-0.4, -0.2) is 30.2 Å². The number of rotatable bonds is 4. The number of nitriles is 1. The minimum atomic E-state index is -4.17. The fraction of sp³-hybridized carbons (Fsp3) is 0.917. The van der Waals surface area contributed by atoms with E-state index in [-0.39, 0.29) is 12.0 Å². The van der Waals surface area contributed by atoms with Gasteiger partial charge in [0, 0.05) is 6.04 Å². The van der Waals surface area contributed by atoms with Crippen LogP contribution in [-0.2, 0) is 0 Å². The number of nitrogens with zero attached hydrogens (tertiary/aromatic N) is 2. The minimum absolute atomic E-state index is 0.213. The van der Waals surface area contributed by atoms with Crippen molar-refractivity contribution < 1.29 is 13.2 Å². The molecule has 0 radical (unpaired) electrons. The summed E-state index contributed by atoms with van der Waals surface area (Å²) in [4.78, 5) is 1.45. The summed E-state index contributed by atoms with van der Waals surface area (Å²) in [5.74, 6) is -0.238. The molecule has 0 aromatic rings. The van der Waals surface area contributed by atoms with Gasteiger partial charge < -0.3 is 0 Å². The molecule has 0 aromatic carbocycles. The van der Waals surface area contributed by atoms with Crippen LogP contribution in [0.1, 0.15) is 39.0 Å². The third-order valence-electron chi connectivity index (χ3n) is 3.26. The van der Waals surface area contributed by atoms with Crippen LogP contribution in [0, 0.1) is 17.2 Å². The van der Waals surface area contributed by atoms with Crippen molar-refractivity contribution in [3.63, 3.8) is 0 Å². The molecule has 1 rings (SSSR count). The predicted molar refractivity (Wildman–Crippen MR) is 59.3 cm³/mol. The maximum absolute atomic E-state index is 12.5. The van der Waals surface area contributed by atoms with Gasteiger partial charge in [0.1, 0.15) is 0 Å². The van der Waals surface area contributed by atoms with E-state index in [2.05, 4.69) is 6.07 Å². The van der Waals surface area contributed by atoms with Gasteiger partial charge in [0.15, 0.2) is 0 Å². The first-order chi connectivity index (χ1) is 7.98. The maximum Gasteiger partial charge on any atom is 0.401 e. The summed E-state index contributed by atoms with van der Waals surface area (Å²) < 4.78 is 37.5. The Morgan fingerprint density at radius 1 is 1.29 bits per heavy atom. The Labute approximate surface area is 100 Å². The summed E-state index contributed by atoms with van der Waals surface area (Å²) in [5, 5.41) is 9.02. The predicted octanol–water partition coefficient (Wildman–Crippen LogP) is 3.34. The third-order valence-corrected chi connectivity index (χ3v) is 3.26. The monoisotopic (exact) mass is 248 g/mol. The second kappa shape index (κ2) is 6.25. The maximum atomic E-state index is 12.5. The molecule has 1 saturated carbocycles. The van der Waals surface area contributed by atoms with Gasteiger partial charge in [-0.15, -0.1) is 0 Å². The molecule has 0 aliphatic heterocycles. The molecular formula is C12H19F3N2. The molecule has 1 fully saturated rings. The summed E-state index contributed by atoms with van der Waals surface area (Å²) in [5.41, 5.74) is 0. The van der Waals surface area contributed by atoms with E-state index in [1.165, 1.54) is 4.90 Å². The summed E-state index contributed by atoms with van der Waals surface area (Å²) >= 11 is 0. The highest BCUT2D eigenvalue weighted by Crippen LogP contribution is 2.30. The van der Waals surface area contributed by atoms with Gasteiger partial charge in [-0.05, 0) is 25.8 Å². The zero-order chi connectivity index (χ0) is 12.9. The molecule has 1 aliphatic rings. The number of halogens is 3. The molecule has 17 heavy (non-hydrogen) atoms. The Balaban J connectivity index is 2.70. The molecule has 0 spiro atoms. The largest absolute Gasteiger partial charge is 0.401 e. The lowest BCUT2D eigenvalue weighted by atomic mass is 9.84. The summed E-state index contributed by atoms with van der Waals surface area (Å²) in [6, 6.07) is 1.96. The zero-order valence-electron chi connectivity index (χ0n) is 10.1. The highest BCUT2D eigenvalue weighted by molar-refractivity contribution is 4.96. The van der Waals surface area contributed by atoms with Crippen molar-refractivity contribution in [1.82, 2.24) is 4.90 Å². The highest BCUT2D eigenvalue weighted by Gasteiger charge is 2.37. The van der Waals surface area contributed by atoms with Crippen LogP contribution in [0.25, 0.3) is 0 Å². The molecule has 0 amide bonds. The van der Waals surface area contributed by atoms with Gasteiger partial charge in [0.05, 0.1) is 18.5 Å². The van der Waals surface area contributed by atoms with Crippen LogP contribution in [0.15, 0.2) is 0 Å². The second-order valence-electron chi connectivity index (χ2n) is 4.67. The van der Waals surface area contributed by atoms with Gasteiger partial charge in [-0.2, -0.15) is 18.4 Å². The molecule has 0 aromatic heterocycles. The van der Waals surface area contributed by atoms with Crippen LogP contribution in [0.2, 0.25) is 0 Å². The van der Waals surface area contributed by atoms with E-state index in [0.29, 0.717) is 19.4 Å². The summed E-state index contributed by atoms with van der Waals surface area (Å²) in [6.07, 6.45) is -0.146. The molecule has 98 valence electrons. The standard InChI is InChI=1S/C12H19F3N2/c1-2-7-17(9-12(13,14)15)11-6-4-3-5-10(11)8-16/h10-11H,2-7,9H2,1H3. The van der Waals surface area contributed by atoms with Gasteiger partial charge in [-0.3, -0.25) is 4.90 Å². The smallest absolute Gasteiger partial charge is 0.291 e. The Kier molecular flexibility index (Phi) is 5.26. The third kappa shape index (κ3) is 4.55. The van der Waals surface area contributed by atoms with Gasteiger partial charge in [0.2, 0.25) is 0 Å². The van der Waals surface area contributed by atoms with E-state index < -0.39 is 12.7 Å². The molecule has 0 heterocycles. The van der Waals surface area contributed by atoms with Crippen LogP contribution < -0.4 is 0 Å². The first-order valence-electron chi connectivity index (χ1n) is 6.18. The van der Waals surface area contributed by atoms with Crippen molar-refractivity contribution in [2.24, 2.45) is 5.92 Å². The van der Waals surface area contributed by atoms with Crippen molar-refractivity contribution >= 4 is 0 Å². The minimum Gasteiger partial charge on any atom is -0.291 e. The van der Waals surface area contributed by atoms with Crippen LogP contribution >= 0.6 is 0 Å². The molecular weight excluding hydrogens is 229 g/mol. The first kappa shape index (κ1) is 14.3. The average Bonchev–Trinajstić information content (AvgIpc) is 2.27. The number of alkyl halides is 3. The number of hydrogen-bond acceptors (Lipinski definition) is 2. The van der Waals surface area contributed by atoms with Crippen molar-refractivity contribution in [2.45, 2.75) is 51.2 Å². The lowest BCUT2D eigenvalue weighted by Crippen LogP contribution is -2.46. The molecule has 0 N–H and O–H groups in total. The van der Waals surface area contributed by atoms with Gasteiger partial charge in [-0.25, -0.2) is 0 Å². The Morgan fingerprint density at radius 3 is 2.47 bits per heavy atom. The fourth-order valence-electron chi connectivity index (χ4n) is 2.58. The molecule has 2 nitrogen and oxygen atoms in total. The zero-order valence-corrected chi connectivity index (χ0v) is 10.1. The van der Waals surface area contributed by atoms with E-state index in [4.69, 9.17) is 5.26 Å². The van der Waals surface area contributed by atoms with E-state index in [1.807, 2.05) is 6.92 Å². The summed E-state index contributed by atoms with van der Waals surface area (Å²) in [7, 11) is 0. The quantitative estimate of drug-likeness (QED) is 0.763. The normalized spacial score (nSPS) is 25.9. The Morgan fingerprint density at radius 2 is 1.94 bits per heavy atom. The SMILES string of the molecule is CCCN(CC(F)(F)F)C1CCCCC1C#N. The van der Waals surface area contributed by atoms with Crippen molar-refractivity contribution in [2.75, 3.05) is 13.1 Å². The lowest BCUT2D eigenvalue weighted by Gasteiger charge is -2.37. The van der Waals surface area contributed by atoms with Gasteiger partial charge in [-0.1, -0.05) is 19.8 Å². The molecule has 0 saturated heterocycles. The van der Waals surface area contributed by atoms with Crippen LogP contribution in [0.3, 0.4) is 0 Å². The lowest BCUT2D eigenvalue weighted by molar-refractivity contribution is -0.153. The van der Waals surface area contributed by atoms with E-state index in [1.54, 1.807) is 0 Å². The van der Waals surface area contributed by atoms with E-state index in [0.717, 1.165) is 19.3 Å². The van der Waals surface area contributed by atoms with Gasteiger partial charge >= 0.3 is 6.18 Å². The molecule has 2 atom stereocenters. The molecule has 5 heteroatoms. The van der Waals surface area contributed by atoms with Crippen molar-refractivity contribution in [3.05, 3.63) is 0 Å². The fourth-order valence-corrected chi connectivity index (χ4v) is 2.58. The van der Waals surface area contributed by atoms with Crippen molar-refractivity contribution in [3.8, 4) is 6.07 Å². The van der Waals surface area contributed by atoms with Crippen LogP contribution in [0.5, 0.6) is 0 Å².